The van der Waals surface area contributed by atoms with Crippen molar-refractivity contribution in [2.45, 2.75) is 26.2 Å². The summed E-state index contributed by atoms with van der Waals surface area (Å²) in [6.45, 7) is 4.05. The van der Waals surface area contributed by atoms with Crippen molar-refractivity contribution >= 4 is 17.9 Å². The highest BCUT2D eigenvalue weighted by atomic mass is 19.3. The number of rotatable bonds is 3. The standard InChI is InChI=1S/C20H22F2N4O/c1-14-13-26(19(27)24-18-7-4-9-23-25-18)10-8-16(14)11-15-5-3-6-17(12-15)20(2,21)22/h3-7,9,11-12,14H,8,10,13H2,1-2H3,(H,24,25,27)/b16-11+. The highest BCUT2D eigenvalue weighted by molar-refractivity contribution is 5.88. The lowest BCUT2D eigenvalue weighted by Crippen LogP contribution is -2.42. The number of halogens is 2. The summed E-state index contributed by atoms with van der Waals surface area (Å²) >= 11 is 0. The van der Waals surface area contributed by atoms with E-state index >= 15 is 0 Å². The Bertz CT molecular complexity index is 833. The van der Waals surface area contributed by atoms with Gasteiger partial charge in [0, 0.05) is 31.8 Å². The first kappa shape index (κ1) is 18.9. The number of carbonyl (C=O) groups is 1. The Balaban J connectivity index is 1.66. The van der Waals surface area contributed by atoms with Gasteiger partial charge in [-0.1, -0.05) is 36.8 Å². The van der Waals surface area contributed by atoms with Gasteiger partial charge in [0.05, 0.1) is 0 Å². The van der Waals surface area contributed by atoms with Crippen LogP contribution in [0.2, 0.25) is 0 Å². The number of piperidine rings is 1. The number of hydrogen-bond acceptors (Lipinski definition) is 3. The van der Waals surface area contributed by atoms with Crippen LogP contribution >= 0.6 is 0 Å². The second-order valence-electron chi connectivity index (χ2n) is 6.87. The lowest BCUT2D eigenvalue weighted by atomic mass is 9.91. The van der Waals surface area contributed by atoms with E-state index in [0.717, 1.165) is 18.1 Å². The molecule has 0 aliphatic carbocycles. The number of urea groups is 1. The molecular formula is C20H22F2N4O. The van der Waals surface area contributed by atoms with Crippen LogP contribution in [0.15, 0.2) is 48.2 Å². The molecule has 5 nitrogen and oxygen atoms in total. The first-order chi connectivity index (χ1) is 12.8. The largest absolute Gasteiger partial charge is 0.324 e. The second-order valence-corrected chi connectivity index (χ2v) is 6.87. The first-order valence-corrected chi connectivity index (χ1v) is 8.85. The zero-order valence-electron chi connectivity index (χ0n) is 15.3. The highest BCUT2D eigenvalue weighted by Gasteiger charge is 2.26. The van der Waals surface area contributed by atoms with Crippen LogP contribution < -0.4 is 5.32 Å². The number of nitrogens with one attached hydrogen (secondary N) is 1. The molecule has 0 spiro atoms. The van der Waals surface area contributed by atoms with E-state index in [-0.39, 0.29) is 17.5 Å². The average molecular weight is 372 g/mol. The molecular weight excluding hydrogens is 350 g/mol. The number of likely N-dealkylation sites (tertiary alicyclic amines) is 1. The number of amides is 2. The summed E-state index contributed by atoms with van der Waals surface area (Å²) in [5.74, 6) is -2.31. The molecule has 2 amide bonds. The average Bonchev–Trinajstić information content (AvgIpc) is 2.64. The van der Waals surface area contributed by atoms with E-state index in [0.29, 0.717) is 25.3 Å². The van der Waals surface area contributed by atoms with Gasteiger partial charge in [-0.05, 0) is 36.1 Å². The molecule has 1 N–H and O–H groups in total. The summed E-state index contributed by atoms with van der Waals surface area (Å²) in [5, 5.41) is 10.3. The second kappa shape index (κ2) is 7.82. The number of carbonyl (C=O) groups excluding carboxylic acids is 1. The molecule has 1 fully saturated rings. The van der Waals surface area contributed by atoms with Crippen molar-refractivity contribution in [1.29, 1.82) is 0 Å². The molecule has 2 aromatic rings. The van der Waals surface area contributed by atoms with Crippen molar-refractivity contribution in [3.05, 3.63) is 59.3 Å². The molecule has 0 saturated carbocycles. The predicted octanol–water partition coefficient (Wildman–Crippen LogP) is 4.55. The van der Waals surface area contributed by atoms with Crippen LogP contribution in [-0.4, -0.2) is 34.2 Å². The molecule has 1 aromatic carbocycles. The number of hydrogen-bond donors (Lipinski definition) is 1. The lowest BCUT2D eigenvalue weighted by Gasteiger charge is -2.33. The third kappa shape index (κ3) is 4.87. The van der Waals surface area contributed by atoms with Gasteiger partial charge in [-0.25, -0.2) is 13.6 Å². The van der Waals surface area contributed by atoms with Crippen molar-refractivity contribution in [1.82, 2.24) is 15.1 Å². The van der Waals surface area contributed by atoms with E-state index in [4.69, 9.17) is 0 Å². The molecule has 0 radical (unpaired) electrons. The maximum Gasteiger partial charge on any atom is 0.323 e. The number of aromatic nitrogens is 2. The fourth-order valence-corrected chi connectivity index (χ4v) is 3.12. The summed E-state index contributed by atoms with van der Waals surface area (Å²) in [6.07, 6.45) is 4.19. The normalized spacial score (nSPS) is 19.2. The maximum absolute atomic E-state index is 13.5. The fourth-order valence-electron chi connectivity index (χ4n) is 3.12. The van der Waals surface area contributed by atoms with Crippen LogP contribution in [-0.2, 0) is 5.92 Å². The number of alkyl halides is 2. The fraction of sp³-hybridized carbons (Fsp3) is 0.350. The van der Waals surface area contributed by atoms with Crippen LogP contribution in [0.5, 0.6) is 0 Å². The topological polar surface area (TPSA) is 58.1 Å². The van der Waals surface area contributed by atoms with E-state index in [1.807, 2.05) is 19.1 Å². The third-order valence-corrected chi connectivity index (χ3v) is 4.64. The summed E-state index contributed by atoms with van der Waals surface area (Å²) in [5.41, 5.74) is 1.91. The number of anilines is 1. The van der Waals surface area contributed by atoms with Gasteiger partial charge in [0.2, 0.25) is 0 Å². The van der Waals surface area contributed by atoms with Crippen molar-refractivity contribution in [3.63, 3.8) is 0 Å². The van der Waals surface area contributed by atoms with Crippen molar-refractivity contribution in [3.8, 4) is 0 Å². The van der Waals surface area contributed by atoms with E-state index < -0.39 is 5.92 Å². The molecule has 1 aliphatic heterocycles. The van der Waals surface area contributed by atoms with Gasteiger partial charge in [-0.15, -0.1) is 5.10 Å². The Kier molecular flexibility index (Phi) is 5.48. The van der Waals surface area contributed by atoms with Gasteiger partial charge in [0.25, 0.3) is 5.92 Å². The number of benzene rings is 1. The van der Waals surface area contributed by atoms with Gasteiger partial charge in [0.1, 0.15) is 0 Å². The molecule has 1 atom stereocenters. The Morgan fingerprint density at radius 2 is 2.15 bits per heavy atom. The summed E-state index contributed by atoms with van der Waals surface area (Å²) in [6, 6.07) is 9.60. The van der Waals surface area contributed by atoms with Crippen molar-refractivity contribution < 1.29 is 13.6 Å². The van der Waals surface area contributed by atoms with Gasteiger partial charge < -0.3 is 4.90 Å². The predicted molar refractivity (Wildman–Crippen MR) is 100 cm³/mol. The molecule has 1 saturated heterocycles. The monoisotopic (exact) mass is 372 g/mol. The summed E-state index contributed by atoms with van der Waals surface area (Å²) < 4.78 is 27.1. The summed E-state index contributed by atoms with van der Waals surface area (Å²) in [4.78, 5) is 14.1. The molecule has 1 aromatic heterocycles. The molecule has 1 aliphatic rings. The summed E-state index contributed by atoms with van der Waals surface area (Å²) in [7, 11) is 0. The molecule has 142 valence electrons. The van der Waals surface area contributed by atoms with E-state index in [9.17, 15) is 13.6 Å². The molecule has 1 unspecified atom stereocenters. The smallest absolute Gasteiger partial charge is 0.323 e. The quantitative estimate of drug-likeness (QED) is 0.860. The Labute approximate surface area is 157 Å². The zero-order chi connectivity index (χ0) is 19.4. The maximum atomic E-state index is 13.5. The van der Waals surface area contributed by atoms with E-state index in [2.05, 4.69) is 15.5 Å². The molecule has 0 bridgehead atoms. The van der Waals surface area contributed by atoms with E-state index in [1.165, 1.54) is 12.1 Å². The van der Waals surface area contributed by atoms with Crippen LogP contribution in [0.25, 0.3) is 6.08 Å². The molecule has 7 heteroatoms. The van der Waals surface area contributed by atoms with Crippen LogP contribution in [0.3, 0.4) is 0 Å². The van der Waals surface area contributed by atoms with Crippen molar-refractivity contribution in [2.24, 2.45) is 5.92 Å². The minimum atomic E-state index is -2.86. The Morgan fingerprint density at radius 3 is 2.81 bits per heavy atom. The Morgan fingerprint density at radius 1 is 1.33 bits per heavy atom. The minimum Gasteiger partial charge on any atom is -0.324 e. The Hall–Kier alpha value is -2.83. The van der Waals surface area contributed by atoms with E-state index in [1.54, 1.807) is 29.3 Å². The minimum absolute atomic E-state index is 0.00490. The molecule has 27 heavy (non-hydrogen) atoms. The van der Waals surface area contributed by atoms with Gasteiger partial charge in [-0.3, -0.25) is 5.32 Å². The van der Waals surface area contributed by atoms with Crippen molar-refractivity contribution in [2.75, 3.05) is 18.4 Å². The van der Waals surface area contributed by atoms with Gasteiger partial charge in [-0.2, -0.15) is 5.10 Å². The van der Waals surface area contributed by atoms with Crippen LogP contribution in [0, 0.1) is 5.92 Å². The molecule has 3 rings (SSSR count). The van der Waals surface area contributed by atoms with Crippen LogP contribution in [0.4, 0.5) is 19.4 Å². The first-order valence-electron chi connectivity index (χ1n) is 8.85. The number of nitrogens with zero attached hydrogens (tertiary/aromatic N) is 3. The SMILES string of the molecule is CC1CN(C(=O)Nc2cccnn2)CC/C1=C\c1cccc(C(C)(F)F)c1. The van der Waals surface area contributed by atoms with Crippen LogP contribution in [0.1, 0.15) is 31.4 Å². The zero-order valence-corrected chi connectivity index (χ0v) is 15.3. The van der Waals surface area contributed by atoms with Gasteiger partial charge >= 0.3 is 6.03 Å². The highest BCUT2D eigenvalue weighted by Crippen LogP contribution is 2.29. The third-order valence-electron chi connectivity index (χ3n) is 4.64. The van der Waals surface area contributed by atoms with Gasteiger partial charge in [0.15, 0.2) is 5.82 Å². The molecule has 2 heterocycles. The lowest BCUT2D eigenvalue weighted by molar-refractivity contribution is 0.0174.